The molecule has 0 bridgehead atoms. The molecule has 6 nitrogen and oxygen atoms in total. The molecule has 29 heavy (non-hydrogen) atoms. The van der Waals surface area contributed by atoms with Crippen molar-refractivity contribution in [1.82, 2.24) is 19.8 Å². The molecular formula is C22H28IN5O. The fourth-order valence-electron chi connectivity index (χ4n) is 3.05. The van der Waals surface area contributed by atoms with E-state index in [1.807, 2.05) is 37.6 Å². The maximum absolute atomic E-state index is 5.22. The Morgan fingerprint density at radius 1 is 1.10 bits per heavy atom. The zero-order valence-corrected chi connectivity index (χ0v) is 19.4. The molecule has 3 rings (SSSR count). The normalized spacial score (nSPS) is 10.9. The number of benzene rings is 2. The van der Waals surface area contributed by atoms with Crippen LogP contribution in [0.4, 0.5) is 0 Å². The van der Waals surface area contributed by atoms with E-state index in [1.54, 1.807) is 14.2 Å². The Bertz CT molecular complexity index is 893. The number of aromatic nitrogens is 2. The molecule has 2 aromatic carbocycles. The minimum Gasteiger partial charge on any atom is -0.497 e. The molecule has 1 aromatic heterocycles. The molecule has 154 valence electrons. The lowest BCUT2D eigenvalue weighted by Crippen LogP contribution is -2.38. The van der Waals surface area contributed by atoms with Gasteiger partial charge in [0.2, 0.25) is 0 Å². The number of hydrogen-bond donors (Lipinski definition) is 1. The number of ether oxygens (including phenoxy) is 1. The van der Waals surface area contributed by atoms with Crippen molar-refractivity contribution in [2.24, 2.45) is 4.99 Å². The van der Waals surface area contributed by atoms with Crippen LogP contribution in [0.25, 0.3) is 0 Å². The first-order valence-electron chi connectivity index (χ1n) is 9.28. The summed E-state index contributed by atoms with van der Waals surface area (Å²) in [5, 5.41) is 3.41. The summed E-state index contributed by atoms with van der Waals surface area (Å²) in [5.41, 5.74) is 2.44. The largest absolute Gasteiger partial charge is 0.497 e. The first kappa shape index (κ1) is 22.7. The average molecular weight is 505 g/mol. The minimum absolute atomic E-state index is 0. The van der Waals surface area contributed by atoms with Crippen molar-refractivity contribution in [3.63, 3.8) is 0 Å². The van der Waals surface area contributed by atoms with Gasteiger partial charge in [-0.05, 0) is 23.3 Å². The number of rotatable bonds is 7. The van der Waals surface area contributed by atoms with Gasteiger partial charge in [0.05, 0.1) is 13.7 Å². The number of nitrogens with one attached hydrogen (secondary N) is 1. The lowest BCUT2D eigenvalue weighted by Gasteiger charge is -2.22. The van der Waals surface area contributed by atoms with Gasteiger partial charge in [-0.15, -0.1) is 24.0 Å². The Hall–Kier alpha value is -2.55. The Balaban J connectivity index is 0.00000300. The van der Waals surface area contributed by atoms with Gasteiger partial charge >= 0.3 is 0 Å². The highest BCUT2D eigenvalue weighted by Gasteiger charge is 2.09. The van der Waals surface area contributed by atoms with E-state index >= 15 is 0 Å². The molecule has 0 spiro atoms. The molecule has 1 N–H and O–H groups in total. The number of methoxy groups -OCH3 is 1. The van der Waals surface area contributed by atoms with Gasteiger partial charge in [0.25, 0.3) is 0 Å². The van der Waals surface area contributed by atoms with Gasteiger partial charge in [-0.1, -0.05) is 42.5 Å². The first-order valence-corrected chi connectivity index (χ1v) is 9.28. The van der Waals surface area contributed by atoms with E-state index in [1.165, 1.54) is 11.1 Å². The lowest BCUT2D eigenvalue weighted by molar-refractivity contribution is 0.414. The van der Waals surface area contributed by atoms with Crippen molar-refractivity contribution < 1.29 is 4.74 Å². The molecule has 3 aromatic rings. The number of aliphatic imine (C=N–C) groups is 1. The van der Waals surface area contributed by atoms with Crippen molar-refractivity contribution in [2.75, 3.05) is 21.2 Å². The highest BCUT2D eigenvalue weighted by Crippen LogP contribution is 2.12. The molecule has 0 atom stereocenters. The number of hydrogen-bond acceptors (Lipinski definition) is 3. The highest BCUT2D eigenvalue weighted by atomic mass is 127. The zero-order valence-electron chi connectivity index (χ0n) is 17.1. The third-order valence-electron chi connectivity index (χ3n) is 4.55. The van der Waals surface area contributed by atoms with E-state index < -0.39 is 0 Å². The topological polar surface area (TPSA) is 54.7 Å². The molecule has 0 aliphatic carbocycles. The van der Waals surface area contributed by atoms with Crippen molar-refractivity contribution in [3.8, 4) is 5.75 Å². The van der Waals surface area contributed by atoms with Crippen LogP contribution in [-0.2, 0) is 19.6 Å². The van der Waals surface area contributed by atoms with Crippen LogP contribution in [0.15, 0.2) is 72.0 Å². The van der Waals surface area contributed by atoms with Crippen LogP contribution in [0, 0.1) is 0 Å². The Kier molecular flexibility index (Phi) is 8.98. The summed E-state index contributed by atoms with van der Waals surface area (Å²) in [6.45, 7) is 2.17. The fourth-order valence-corrected chi connectivity index (χ4v) is 3.05. The van der Waals surface area contributed by atoms with Crippen molar-refractivity contribution in [2.45, 2.75) is 19.6 Å². The Morgan fingerprint density at radius 2 is 1.83 bits per heavy atom. The molecule has 7 heteroatoms. The summed E-state index contributed by atoms with van der Waals surface area (Å²) >= 11 is 0. The van der Waals surface area contributed by atoms with E-state index in [0.29, 0.717) is 6.54 Å². The third-order valence-corrected chi connectivity index (χ3v) is 4.55. The SMILES string of the molecule is CN=C(NCc1nccn1Cc1ccccc1)N(C)Cc1ccc(OC)cc1.I. The average Bonchev–Trinajstić information content (AvgIpc) is 3.16. The van der Waals surface area contributed by atoms with Gasteiger partial charge < -0.3 is 19.5 Å². The van der Waals surface area contributed by atoms with E-state index in [-0.39, 0.29) is 24.0 Å². The van der Waals surface area contributed by atoms with Crippen LogP contribution < -0.4 is 10.1 Å². The number of imidazole rings is 1. The van der Waals surface area contributed by atoms with Crippen LogP contribution in [0.1, 0.15) is 17.0 Å². The molecule has 0 saturated carbocycles. The summed E-state index contributed by atoms with van der Waals surface area (Å²) in [7, 11) is 5.49. The lowest BCUT2D eigenvalue weighted by atomic mass is 10.2. The van der Waals surface area contributed by atoms with Gasteiger partial charge in [-0.25, -0.2) is 4.98 Å². The number of guanidine groups is 1. The number of nitrogens with zero attached hydrogens (tertiary/aromatic N) is 4. The summed E-state index contributed by atoms with van der Waals surface area (Å²) in [4.78, 5) is 11.0. The van der Waals surface area contributed by atoms with E-state index in [2.05, 4.69) is 61.2 Å². The van der Waals surface area contributed by atoms with Crippen molar-refractivity contribution in [1.29, 1.82) is 0 Å². The third kappa shape index (κ3) is 6.49. The van der Waals surface area contributed by atoms with Crippen molar-refractivity contribution >= 4 is 29.9 Å². The molecular weight excluding hydrogens is 477 g/mol. The zero-order chi connectivity index (χ0) is 19.8. The molecule has 0 saturated heterocycles. The summed E-state index contributed by atoms with van der Waals surface area (Å²) in [5.74, 6) is 2.66. The standard InChI is InChI=1S/C22H27N5O.HI/c1-23-22(26(2)16-19-9-11-20(28-3)12-10-19)25-15-21-24-13-14-27(21)17-18-7-5-4-6-8-18;/h4-14H,15-17H2,1-3H3,(H,23,25);1H. The van der Waals surface area contributed by atoms with Crippen LogP contribution in [-0.4, -0.2) is 41.6 Å². The fraction of sp³-hybridized carbons (Fsp3) is 0.273. The van der Waals surface area contributed by atoms with Gasteiger partial charge in [0.15, 0.2) is 5.96 Å². The predicted octanol–water partition coefficient (Wildman–Crippen LogP) is 3.77. The second-order valence-electron chi connectivity index (χ2n) is 6.56. The first-order chi connectivity index (χ1) is 13.7. The second-order valence-corrected chi connectivity index (χ2v) is 6.56. The Morgan fingerprint density at radius 3 is 2.48 bits per heavy atom. The molecule has 1 heterocycles. The molecule has 0 fully saturated rings. The molecule has 0 aliphatic heterocycles. The predicted molar refractivity (Wildman–Crippen MR) is 128 cm³/mol. The van der Waals surface area contributed by atoms with E-state index in [0.717, 1.165) is 30.6 Å². The van der Waals surface area contributed by atoms with Crippen LogP contribution in [0.5, 0.6) is 5.75 Å². The monoisotopic (exact) mass is 505 g/mol. The van der Waals surface area contributed by atoms with Crippen LogP contribution in [0.2, 0.25) is 0 Å². The van der Waals surface area contributed by atoms with Crippen LogP contribution in [0.3, 0.4) is 0 Å². The summed E-state index contributed by atoms with van der Waals surface area (Å²) in [6, 6.07) is 18.5. The second kappa shape index (κ2) is 11.5. The van der Waals surface area contributed by atoms with Gasteiger partial charge in [-0.3, -0.25) is 4.99 Å². The molecule has 0 unspecified atom stereocenters. The van der Waals surface area contributed by atoms with Gasteiger partial charge in [0.1, 0.15) is 11.6 Å². The quantitative estimate of drug-likeness (QED) is 0.302. The Labute approximate surface area is 189 Å². The highest BCUT2D eigenvalue weighted by molar-refractivity contribution is 14.0. The van der Waals surface area contributed by atoms with Gasteiger partial charge in [-0.2, -0.15) is 0 Å². The molecule has 0 radical (unpaired) electrons. The summed E-state index contributed by atoms with van der Waals surface area (Å²) in [6.07, 6.45) is 3.84. The smallest absolute Gasteiger partial charge is 0.194 e. The van der Waals surface area contributed by atoms with Gasteiger partial charge in [0, 0.05) is 39.6 Å². The minimum atomic E-state index is 0. The van der Waals surface area contributed by atoms with Crippen LogP contribution >= 0.6 is 24.0 Å². The van der Waals surface area contributed by atoms with E-state index in [9.17, 15) is 0 Å². The van der Waals surface area contributed by atoms with E-state index in [4.69, 9.17) is 4.74 Å². The summed E-state index contributed by atoms with van der Waals surface area (Å²) < 4.78 is 7.37. The maximum atomic E-state index is 5.22. The van der Waals surface area contributed by atoms with Crippen molar-refractivity contribution in [3.05, 3.63) is 83.9 Å². The maximum Gasteiger partial charge on any atom is 0.194 e. The molecule has 0 aliphatic rings. The number of halogens is 1. The molecule has 0 amide bonds.